The summed E-state index contributed by atoms with van der Waals surface area (Å²) in [5, 5.41) is 10.8. The van der Waals surface area contributed by atoms with Crippen LogP contribution in [0, 0.1) is 25.4 Å². The van der Waals surface area contributed by atoms with Gasteiger partial charge in [-0.25, -0.2) is 4.39 Å². The molecule has 0 N–H and O–H groups in total. The molecule has 1 aromatic carbocycles. The predicted octanol–water partition coefficient (Wildman–Crippen LogP) is 3.90. The summed E-state index contributed by atoms with van der Waals surface area (Å²) in [6, 6.07) is 2.50. The molecule has 1 unspecified atom stereocenters. The second kappa shape index (κ2) is 5.06. The van der Waals surface area contributed by atoms with E-state index in [1.54, 1.807) is 22.6 Å². The van der Waals surface area contributed by atoms with E-state index in [4.69, 9.17) is 11.6 Å². The Morgan fingerprint density at radius 1 is 1.59 bits per heavy atom. The van der Waals surface area contributed by atoms with Crippen LogP contribution in [-0.2, 0) is 6.42 Å². The minimum Gasteiger partial charge on any atom is -0.258 e. The van der Waals surface area contributed by atoms with Crippen LogP contribution in [0.4, 0.5) is 10.1 Å². The fraction of sp³-hybridized carbons (Fsp3) is 0.455. The van der Waals surface area contributed by atoms with Crippen molar-refractivity contribution >= 4 is 39.9 Å². The van der Waals surface area contributed by atoms with Crippen LogP contribution >= 0.6 is 34.2 Å². The molecule has 1 aromatic rings. The number of benzene rings is 1. The standard InChI is InChI=1S/C11H10ClFINO2/c12-8(6-1-2-6)3-7-4-9(13)10(14)5-11(7)15(16)17/h4-6,8H,1-3H2. The zero-order valence-corrected chi connectivity index (χ0v) is 11.7. The van der Waals surface area contributed by atoms with Crippen LogP contribution in [0.3, 0.4) is 0 Å². The molecule has 1 aliphatic rings. The van der Waals surface area contributed by atoms with E-state index < -0.39 is 10.7 Å². The first-order valence-electron chi connectivity index (χ1n) is 5.25. The molecule has 0 heterocycles. The Morgan fingerprint density at radius 3 is 2.76 bits per heavy atom. The molecule has 3 nitrogen and oxygen atoms in total. The largest absolute Gasteiger partial charge is 0.273 e. The Morgan fingerprint density at radius 2 is 2.24 bits per heavy atom. The third-order valence-corrected chi connectivity index (χ3v) is 4.20. The Bertz CT molecular complexity index is 465. The SMILES string of the molecule is O=[N+]([O-])c1cc(I)c(F)cc1CC(Cl)C1CC1. The van der Waals surface area contributed by atoms with Crippen LogP contribution in [0.25, 0.3) is 0 Å². The summed E-state index contributed by atoms with van der Waals surface area (Å²) in [5.41, 5.74) is 0.349. The van der Waals surface area contributed by atoms with Crippen LogP contribution in [0.1, 0.15) is 18.4 Å². The number of hydrogen-bond donors (Lipinski definition) is 0. The van der Waals surface area contributed by atoms with Crippen LogP contribution < -0.4 is 0 Å². The van der Waals surface area contributed by atoms with Crippen LogP contribution in [0.5, 0.6) is 0 Å². The molecule has 0 aliphatic heterocycles. The van der Waals surface area contributed by atoms with E-state index in [9.17, 15) is 14.5 Å². The van der Waals surface area contributed by atoms with Gasteiger partial charge in [0.15, 0.2) is 0 Å². The van der Waals surface area contributed by atoms with Gasteiger partial charge in [-0.1, -0.05) is 0 Å². The number of hydrogen-bond acceptors (Lipinski definition) is 2. The number of rotatable bonds is 4. The summed E-state index contributed by atoms with van der Waals surface area (Å²) in [4.78, 5) is 10.4. The Labute approximate surface area is 117 Å². The van der Waals surface area contributed by atoms with Crippen molar-refractivity contribution in [2.75, 3.05) is 0 Å². The average Bonchev–Trinajstić information content (AvgIpc) is 3.06. The lowest BCUT2D eigenvalue weighted by atomic mass is 10.0. The van der Waals surface area contributed by atoms with Gasteiger partial charge >= 0.3 is 0 Å². The van der Waals surface area contributed by atoms with E-state index in [-0.39, 0.29) is 14.6 Å². The highest BCUT2D eigenvalue weighted by Crippen LogP contribution is 2.38. The van der Waals surface area contributed by atoms with Crippen molar-refractivity contribution in [3.63, 3.8) is 0 Å². The topological polar surface area (TPSA) is 43.1 Å². The lowest BCUT2D eigenvalue weighted by molar-refractivity contribution is -0.385. The smallest absolute Gasteiger partial charge is 0.258 e. The van der Waals surface area contributed by atoms with Gasteiger partial charge in [0, 0.05) is 17.0 Å². The molecule has 17 heavy (non-hydrogen) atoms. The molecular weight excluding hydrogens is 359 g/mol. The van der Waals surface area contributed by atoms with Crippen molar-refractivity contribution in [3.8, 4) is 0 Å². The van der Waals surface area contributed by atoms with E-state index >= 15 is 0 Å². The quantitative estimate of drug-likeness (QED) is 0.350. The molecule has 0 radical (unpaired) electrons. The summed E-state index contributed by atoms with van der Waals surface area (Å²) >= 11 is 7.88. The summed E-state index contributed by atoms with van der Waals surface area (Å²) in [7, 11) is 0. The van der Waals surface area contributed by atoms with Crippen molar-refractivity contribution in [2.24, 2.45) is 5.92 Å². The van der Waals surface area contributed by atoms with Gasteiger partial charge in [0.2, 0.25) is 0 Å². The third kappa shape index (κ3) is 3.07. The molecule has 1 saturated carbocycles. The summed E-state index contributed by atoms with van der Waals surface area (Å²) < 4.78 is 13.7. The molecule has 0 aromatic heterocycles. The molecule has 92 valence electrons. The second-order valence-electron chi connectivity index (χ2n) is 4.21. The number of nitro groups is 1. The fourth-order valence-corrected chi connectivity index (χ4v) is 2.61. The minimum atomic E-state index is -0.479. The first-order valence-corrected chi connectivity index (χ1v) is 6.77. The minimum absolute atomic E-state index is 0.0397. The van der Waals surface area contributed by atoms with Gasteiger partial charge in [0.25, 0.3) is 5.69 Å². The Hall–Kier alpha value is -0.430. The van der Waals surface area contributed by atoms with E-state index in [2.05, 4.69) is 0 Å². The third-order valence-electron chi connectivity index (χ3n) is 2.87. The van der Waals surface area contributed by atoms with Gasteiger partial charge in [-0.2, -0.15) is 0 Å². The molecular formula is C11H10ClFINO2. The van der Waals surface area contributed by atoms with Gasteiger partial charge in [-0.3, -0.25) is 10.1 Å². The number of nitro benzene ring substituents is 1. The Kier molecular flexibility index (Phi) is 3.87. The predicted molar refractivity (Wildman–Crippen MR) is 71.8 cm³/mol. The molecule has 1 atom stereocenters. The van der Waals surface area contributed by atoms with Crippen LogP contribution in [-0.4, -0.2) is 10.3 Å². The van der Waals surface area contributed by atoms with Crippen molar-refractivity contribution in [3.05, 3.63) is 37.2 Å². The van der Waals surface area contributed by atoms with Gasteiger partial charge < -0.3 is 0 Å². The zero-order valence-electron chi connectivity index (χ0n) is 8.83. The lowest BCUT2D eigenvalue weighted by Gasteiger charge is -2.09. The van der Waals surface area contributed by atoms with Crippen molar-refractivity contribution in [2.45, 2.75) is 24.6 Å². The van der Waals surface area contributed by atoms with Crippen molar-refractivity contribution in [1.82, 2.24) is 0 Å². The number of alkyl halides is 1. The van der Waals surface area contributed by atoms with Crippen molar-refractivity contribution in [1.29, 1.82) is 0 Å². The molecule has 0 saturated heterocycles. The highest BCUT2D eigenvalue weighted by atomic mass is 127. The highest BCUT2D eigenvalue weighted by Gasteiger charge is 2.31. The number of nitrogens with zero attached hydrogens (tertiary/aromatic N) is 1. The number of halogens is 3. The van der Waals surface area contributed by atoms with Gasteiger partial charge in [-0.15, -0.1) is 11.6 Å². The normalized spacial score (nSPS) is 16.9. The lowest BCUT2D eigenvalue weighted by Crippen LogP contribution is -2.08. The fourth-order valence-electron chi connectivity index (χ4n) is 1.75. The summed E-state index contributed by atoms with van der Waals surface area (Å²) in [6.07, 6.45) is 2.49. The molecule has 0 bridgehead atoms. The molecule has 0 amide bonds. The second-order valence-corrected chi connectivity index (χ2v) is 5.93. The molecule has 6 heteroatoms. The van der Waals surface area contributed by atoms with Crippen LogP contribution in [0.15, 0.2) is 12.1 Å². The highest BCUT2D eigenvalue weighted by molar-refractivity contribution is 14.1. The summed E-state index contributed by atoms with van der Waals surface area (Å²) in [5.74, 6) is 0.00414. The molecule has 2 rings (SSSR count). The first-order chi connectivity index (χ1) is 7.99. The monoisotopic (exact) mass is 369 g/mol. The van der Waals surface area contributed by atoms with E-state index in [1.807, 2.05) is 0 Å². The molecule has 1 aliphatic carbocycles. The summed E-state index contributed by atoms with van der Waals surface area (Å²) in [6.45, 7) is 0. The van der Waals surface area contributed by atoms with E-state index in [0.717, 1.165) is 12.8 Å². The maximum Gasteiger partial charge on any atom is 0.273 e. The van der Waals surface area contributed by atoms with Gasteiger partial charge in [0.05, 0.1) is 8.49 Å². The van der Waals surface area contributed by atoms with Gasteiger partial charge in [-0.05, 0) is 53.8 Å². The maximum atomic E-state index is 13.4. The maximum absolute atomic E-state index is 13.4. The average molecular weight is 370 g/mol. The van der Waals surface area contributed by atoms with E-state index in [1.165, 1.54) is 12.1 Å². The van der Waals surface area contributed by atoms with Crippen LogP contribution in [0.2, 0.25) is 0 Å². The zero-order chi connectivity index (χ0) is 12.6. The van der Waals surface area contributed by atoms with Gasteiger partial charge in [0.1, 0.15) is 5.82 Å². The van der Waals surface area contributed by atoms with E-state index in [0.29, 0.717) is 17.9 Å². The molecule has 0 spiro atoms. The molecule has 1 fully saturated rings. The first kappa shape index (κ1) is 13.0. The van der Waals surface area contributed by atoms with Crippen molar-refractivity contribution < 1.29 is 9.31 Å². The Balaban J connectivity index is 2.29.